The molecule has 2 aromatic rings. The number of hydrogen-bond acceptors (Lipinski definition) is 4. The van der Waals surface area contributed by atoms with E-state index in [1.54, 1.807) is 14.2 Å². The summed E-state index contributed by atoms with van der Waals surface area (Å²) in [5, 5.41) is 6.93. The molecule has 2 N–H and O–H groups in total. The van der Waals surface area contributed by atoms with Crippen molar-refractivity contribution in [3.05, 3.63) is 54.1 Å². The van der Waals surface area contributed by atoms with Crippen LogP contribution < -0.4 is 25.0 Å². The minimum atomic E-state index is 0. The van der Waals surface area contributed by atoms with Crippen LogP contribution in [0.25, 0.3) is 0 Å². The molecule has 1 heterocycles. The van der Waals surface area contributed by atoms with E-state index in [0.29, 0.717) is 12.6 Å². The first-order valence-electron chi connectivity index (χ1n) is 9.79. The number of guanidine groups is 1. The monoisotopic (exact) mass is 510 g/mol. The van der Waals surface area contributed by atoms with E-state index in [4.69, 9.17) is 14.5 Å². The van der Waals surface area contributed by atoms with E-state index in [0.717, 1.165) is 49.1 Å². The number of hydrogen-bond donors (Lipinski definition) is 2. The molecule has 3 rings (SSSR count). The molecule has 158 valence electrons. The number of rotatable bonds is 7. The molecule has 7 heteroatoms. The normalized spacial score (nSPS) is 16.2. The lowest BCUT2D eigenvalue weighted by Gasteiger charge is -2.20. The van der Waals surface area contributed by atoms with Crippen molar-refractivity contribution in [2.24, 2.45) is 4.99 Å². The average Bonchev–Trinajstić information content (AvgIpc) is 3.21. The summed E-state index contributed by atoms with van der Waals surface area (Å²) in [5.74, 6) is 2.29. The van der Waals surface area contributed by atoms with Gasteiger partial charge in [-0.05, 0) is 31.5 Å². The van der Waals surface area contributed by atoms with Gasteiger partial charge in [-0.25, -0.2) is 4.99 Å². The van der Waals surface area contributed by atoms with Gasteiger partial charge in [0.05, 0.1) is 20.8 Å². The van der Waals surface area contributed by atoms with Gasteiger partial charge in [-0.1, -0.05) is 30.3 Å². The van der Waals surface area contributed by atoms with Gasteiger partial charge >= 0.3 is 0 Å². The average molecular weight is 510 g/mol. The Morgan fingerprint density at radius 2 is 1.90 bits per heavy atom. The van der Waals surface area contributed by atoms with E-state index in [2.05, 4.69) is 52.8 Å². The van der Waals surface area contributed by atoms with Crippen molar-refractivity contribution >= 4 is 35.6 Å². The Morgan fingerprint density at radius 1 is 1.10 bits per heavy atom. The Kier molecular flexibility index (Phi) is 9.37. The number of para-hydroxylation sites is 2. The lowest BCUT2D eigenvalue weighted by molar-refractivity contribution is 0.352. The van der Waals surface area contributed by atoms with Crippen LogP contribution in [-0.4, -0.2) is 45.9 Å². The predicted molar refractivity (Wildman–Crippen MR) is 130 cm³/mol. The summed E-state index contributed by atoms with van der Waals surface area (Å²) < 4.78 is 10.9. The fourth-order valence-electron chi connectivity index (χ4n) is 3.51. The molecule has 1 fully saturated rings. The number of methoxy groups -OCH3 is 2. The highest BCUT2D eigenvalue weighted by Crippen LogP contribution is 2.31. The van der Waals surface area contributed by atoms with Crippen LogP contribution in [0.15, 0.2) is 53.5 Å². The maximum atomic E-state index is 5.51. The van der Waals surface area contributed by atoms with Gasteiger partial charge in [-0.2, -0.15) is 0 Å². The minimum absolute atomic E-state index is 0. The van der Waals surface area contributed by atoms with Gasteiger partial charge < -0.3 is 25.0 Å². The smallest absolute Gasteiger partial charge is 0.191 e. The van der Waals surface area contributed by atoms with Crippen molar-refractivity contribution in [2.45, 2.75) is 25.9 Å². The maximum absolute atomic E-state index is 5.51. The molecule has 0 spiro atoms. The molecule has 1 unspecified atom stereocenters. The highest BCUT2D eigenvalue weighted by atomic mass is 127. The summed E-state index contributed by atoms with van der Waals surface area (Å²) in [7, 11) is 3.31. The van der Waals surface area contributed by atoms with Crippen molar-refractivity contribution in [1.82, 2.24) is 10.6 Å². The van der Waals surface area contributed by atoms with E-state index >= 15 is 0 Å². The SMILES string of the molecule is CCNC(=NCc1cccc(OC)c1OC)NC1CCN(c2ccccc2)C1.I. The van der Waals surface area contributed by atoms with Crippen molar-refractivity contribution < 1.29 is 9.47 Å². The van der Waals surface area contributed by atoms with Crippen LogP contribution in [-0.2, 0) is 6.54 Å². The van der Waals surface area contributed by atoms with E-state index in [1.807, 2.05) is 18.2 Å². The lowest BCUT2D eigenvalue weighted by atomic mass is 10.2. The molecule has 0 aromatic heterocycles. The van der Waals surface area contributed by atoms with Gasteiger partial charge in [0.2, 0.25) is 0 Å². The third-order valence-corrected chi connectivity index (χ3v) is 4.89. The quantitative estimate of drug-likeness (QED) is 0.339. The number of ether oxygens (including phenoxy) is 2. The van der Waals surface area contributed by atoms with Crippen molar-refractivity contribution in [2.75, 3.05) is 38.8 Å². The topological polar surface area (TPSA) is 58.1 Å². The zero-order valence-corrected chi connectivity index (χ0v) is 19.7. The zero-order chi connectivity index (χ0) is 19.8. The van der Waals surface area contributed by atoms with E-state index in [-0.39, 0.29) is 24.0 Å². The van der Waals surface area contributed by atoms with Crippen molar-refractivity contribution in [3.63, 3.8) is 0 Å². The second-order valence-electron chi connectivity index (χ2n) is 6.76. The molecule has 0 radical (unpaired) electrons. The molecule has 0 saturated carbocycles. The number of halogens is 1. The first-order valence-corrected chi connectivity index (χ1v) is 9.79. The second kappa shape index (κ2) is 11.7. The molecule has 6 nitrogen and oxygen atoms in total. The summed E-state index contributed by atoms with van der Waals surface area (Å²) in [4.78, 5) is 7.18. The molecule has 0 aliphatic carbocycles. The largest absolute Gasteiger partial charge is 0.493 e. The van der Waals surface area contributed by atoms with Gasteiger partial charge in [0.25, 0.3) is 0 Å². The Hall–Kier alpha value is -2.16. The Bertz CT molecular complexity index is 786. The van der Waals surface area contributed by atoms with Crippen molar-refractivity contribution in [1.29, 1.82) is 0 Å². The maximum Gasteiger partial charge on any atom is 0.191 e. The van der Waals surface area contributed by atoms with Crippen LogP contribution in [0.3, 0.4) is 0 Å². The van der Waals surface area contributed by atoms with E-state index in [9.17, 15) is 0 Å². The van der Waals surface area contributed by atoms with Crippen LogP contribution in [0.1, 0.15) is 18.9 Å². The fraction of sp³-hybridized carbons (Fsp3) is 0.409. The zero-order valence-electron chi connectivity index (χ0n) is 17.4. The predicted octanol–water partition coefficient (Wildman–Crippen LogP) is 3.66. The van der Waals surface area contributed by atoms with Gasteiger partial charge in [0, 0.05) is 36.9 Å². The van der Waals surface area contributed by atoms with Crippen LogP contribution >= 0.6 is 24.0 Å². The van der Waals surface area contributed by atoms with E-state index in [1.165, 1.54) is 5.69 Å². The molecule has 0 amide bonds. The Morgan fingerprint density at radius 3 is 2.59 bits per heavy atom. The van der Waals surface area contributed by atoms with Gasteiger partial charge in [-0.15, -0.1) is 24.0 Å². The Labute approximate surface area is 190 Å². The lowest BCUT2D eigenvalue weighted by Crippen LogP contribution is -2.44. The second-order valence-corrected chi connectivity index (χ2v) is 6.76. The molecule has 1 aliphatic rings. The van der Waals surface area contributed by atoms with Gasteiger partial charge in [0.1, 0.15) is 0 Å². The molecular formula is C22H31IN4O2. The molecule has 1 atom stereocenters. The molecular weight excluding hydrogens is 479 g/mol. The van der Waals surface area contributed by atoms with Gasteiger partial charge in [-0.3, -0.25) is 0 Å². The first kappa shape index (κ1) is 23.1. The number of nitrogens with one attached hydrogen (secondary N) is 2. The standard InChI is InChI=1S/C22H30N4O2.HI/c1-4-23-22(24-15-17-9-8-12-20(27-2)21(17)28-3)25-18-13-14-26(16-18)19-10-6-5-7-11-19;/h5-12,18H,4,13-16H2,1-3H3,(H2,23,24,25);1H. The molecule has 0 bridgehead atoms. The number of benzene rings is 2. The highest BCUT2D eigenvalue weighted by Gasteiger charge is 2.23. The third kappa shape index (κ3) is 6.16. The van der Waals surface area contributed by atoms with Crippen LogP contribution in [0, 0.1) is 0 Å². The summed E-state index contributed by atoms with van der Waals surface area (Å²) >= 11 is 0. The highest BCUT2D eigenvalue weighted by molar-refractivity contribution is 14.0. The number of aliphatic imine (C=N–C) groups is 1. The minimum Gasteiger partial charge on any atom is -0.493 e. The van der Waals surface area contributed by atoms with Crippen LogP contribution in [0.4, 0.5) is 5.69 Å². The van der Waals surface area contributed by atoms with Gasteiger partial charge in [0.15, 0.2) is 17.5 Å². The summed E-state index contributed by atoms with van der Waals surface area (Å²) in [6.07, 6.45) is 1.09. The van der Waals surface area contributed by atoms with Crippen LogP contribution in [0.5, 0.6) is 11.5 Å². The molecule has 29 heavy (non-hydrogen) atoms. The summed E-state index contributed by atoms with van der Waals surface area (Å²) in [5.41, 5.74) is 2.27. The van der Waals surface area contributed by atoms with E-state index < -0.39 is 0 Å². The molecule has 1 saturated heterocycles. The number of anilines is 1. The first-order chi connectivity index (χ1) is 13.7. The Balaban J connectivity index is 0.00000300. The molecule has 2 aromatic carbocycles. The van der Waals surface area contributed by atoms with Crippen molar-refractivity contribution in [3.8, 4) is 11.5 Å². The summed E-state index contributed by atoms with van der Waals surface area (Å²) in [6, 6.07) is 16.8. The third-order valence-electron chi connectivity index (χ3n) is 4.89. The fourth-order valence-corrected chi connectivity index (χ4v) is 3.51. The molecule has 1 aliphatic heterocycles. The summed E-state index contributed by atoms with van der Waals surface area (Å²) in [6.45, 7) is 5.43. The van der Waals surface area contributed by atoms with Crippen LogP contribution in [0.2, 0.25) is 0 Å². The number of nitrogens with zero attached hydrogens (tertiary/aromatic N) is 2.